The van der Waals surface area contributed by atoms with E-state index in [4.69, 9.17) is 0 Å². The molecule has 2 aromatic rings. The van der Waals surface area contributed by atoms with Crippen molar-refractivity contribution in [3.05, 3.63) is 59.7 Å². The van der Waals surface area contributed by atoms with Gasteiger partial charge in [-0.15, -0.1) is 0 Å². The maximum atomic E-state index is 11.5. The maximum absolute atomic E-state index is 11.5. The average molecular weight is 224 g/mol. The van der Waals surface area contributed by atoms with Crippen LogP contribution in [0.25, 0.3) is 11.1 Å². The lowest BCUT2D eigenvalue weighted by molar-refractivity contribution is 0.0988. The van der Waals surface area contributed by atoms with E-state index in [1.807, 2.05) is 43.3 Å². The van der Waals surface area contributed by atoms with Gasteiger partial charge >= 0.3 is 0 Å². The van der Waals surface area contributed by atoms with Crippen molar-refractivity contribution in [2.45, 2.75) is 20.3 Å². The van der Waals surface area contributed by atoms with Crippen molar-refractivity contribution in [2.75, 3.05) is 0 Å². The van der Waals surface area contributed by atoms with Crippen molar-refractivity contribution in [3.8, 4) is 11.1 Å². The van der Waals surface area contributed by atoms with Crippen LogP contribution < -0.4 is 0 Å². The van der Waals surface area contributed by atoms with Gasteiger partial charge in [0.2, 0.25) is 0 Å². The fourth-order valence-corrected chi connectivity index (χ4v) is 1.94. The summed E-state index contributed by atoms with van der Waals surface area (Å²) >= 11 is 0. The van der Waals surface area contributed by atoms with Gasteiger partial charge in [-0.05, 0) is 23.6 Å². The van der Waals surface area contributed by atoms with Crippen molar-refractivity contribution in [2.24, 2.45) is 0 Å². The van der Waals surface area contributed by atoms with Crippen molar-refractivity contribution in [1.82, 2.24) is 0 Å². The fourth-order valence-electron chi connectivity index (χ4n) is 1.94. The van der Waals surface area contributed by atoms with Crippen LogP contribution in [0.2, 0.25) is 0 Å². The van der Waals surface area contributed by atoms with E-state index >= 15 is 0 Å². The van der Waals surface area contributed by atoms with Gasteiger partial charge in [0.05, 0.1) is 0 Å². The summed E-state index contributed by atoms with van der Waals surface area (Å²) in [6, 6.07) is 16.1. The molecule has 2 aromatic carbocycles. The zero-order chi connectivity index (χ0) is 12.3. The first kappa shape index (κ1) is 11.6. The highest BCUT2D eigenvalue weighted by atomic mass is 16.1. The highest BCUT2D eigenvalue weighted by molar-refractivity contribution is 5.96. The van der Waals surface area contributed by atoms with Crippen LogP contribution in [-0.2, 0) is 0 Å². The van der Waals surface area contributed by atoms with E-state index in [0.717, 1.165) is 11.1 Å². The molecule has 0 saturated carbocycles. The van der Waals surface area contributed by atoms with Gasteiger partial charge < -0.3 is 0 Å². The van der Waals surface area contributed by atoms with Crippen LogP contribution in [0.15, 0.2) is 48.5 Å². The number of carbonyl (C=O) groups is 1. The summed E-state index contributed by atoms with van der Waals surface area (Å²) in [5, 5.41) is 0. The molecule has 17 heavy (non-hydrogen) atoms. The van der Waals surface area contributed by atoms with E-state index in [1.54, 1.807) is 0 Å². The number of hydrogen-bond acceptors (Lipinski definition) is 1. The number of benzene rings is 2. The molecule has 0 heterocycles. The molecule has 0 atom stereocenters. The number of Topliss-reactive ketones (excluding diaryl/α,β-unsaturated/α-hetero) is 1. The highest BCUT2D eigenvalue weighted by Crippen LogP contribution is 2.23. The molecule has 0 aliphatic heterocycles. The SMILES string of the molecule is CCC(=O)c1ccc(-c2ccccc2C)cc1. The van der Waals surface area contributed by atoms with Crippen molar-refractivity contribution < 1.29 is 4.79 Å². The van der Waals surface area contributed by atoms with E-state index in [-0.39, 0.29) is 5.78 Å². The Hall–Kier alpha value is -1.89. The molecule has 0 spiro atoms. The van der Waals surface area contributed by atoms with Crippen molar-refractivity contribution in [3.63, 3.8) is 0 Å². The molecule has 0 N–H and O–H groups in total. The van der Waals surface area contributed by atoms with Crippen molar-refractivity contribution >= 4 is 5.78 Å². The van der Waals surface area contributed by atoms with Gasteiger partial charge in [0.25, 0.3) is 0 Å². The zero-order valence-corrected chi connectivity index (χ0v) is 10.2. The summed E-state index contributed by atoms with van der Waals surface area (Å²) in [4.78, 5) is 11.5. The molecule has 0 aromatic heterocycles. The summed E-state index contributed by atoms with van der Waals surface area (Å²) in [5.41, 5.74) is 4.44. The topological polar surface area (TPSA) is 17.1 Å². The lowest BCUT2D eigenvalue weighted by atomic mass is 9.98. The summed E-state index contributed by atoms with van der Waals surface area (Å²) in [6.45, 7) is 3.98. The Balaban J connectivity index is 2.36. The monoisotopic (exact) mass is 224 g/mol. The summed E-state index contributed by atoms with van der Waals surface area (Å²) in [6.07, 6.45) is 0.559. The van der Waals surface area contributed by atoms with Gasteiger partial charge in [0.1, 0.15) is 0 Å². The van der Waals surface area contributed by atoms with Crippen LogP contribution in [0.4, 0.5) is 0 Å². The van der Waals surface area contributed by atoms with Gasteiger partial charge in [-0.1, -0.05) is 55.5 Å². The van der Waals surface area contributed by atoms with Gasteiger partial charge in [-0.3, -0.25) is 4.79 Å². The predicted octanol–water partition coefficient (Wildman–Crippen LogP) is 4.25. The normalized spacial score (nSPS) is 10.2. The molecule has 0 amide bonds. The van der Waals surface area contributed by atoms with Crippen LogP contribution in [0, 0.1) is 6.92 Å². The van der Waals surface area contributed by atoms with Gasteiger partial charge in [0, 0.05) is 12.0 Å². The quantitative estimate of drug-likeness (QED) is 0.712. The summed E-state index contributed by atoms with van der Waals surface area (Å²) in [7, 11) is 0. The van der Waals surface area contributed by atoms with Crippen LogP contribution in [-0.4, -0.2) is 5.78 Å². The lowest BCUT2D eigenvalue weighted by Crippen LogP contribution is -1.95. The predicted molar refractivity (Wildman–Crippen MR) is 71.2 cm³/mol. The molecule has 1 heteroatoms. The minimum atomic E-state index is 0.196. The molecular weight excluding hydrogens is 208 g/mol. The second-order valence-electron chi connectivity index (χ2n) is 4.17. The van der Waals surface area contributed by atoms with E-state index < -0.39 is 0 Å². The van der Waals surface area contributed by atoms with E-state index in [9.17, 15) is 4.79 Å². The van der Waals surface area contributed by atoms with Gasteiger partial charge in [-0.2, -0.15) is 0 Å². The van der Waals surface area contributed by atoms with Crippen LogP contribution in [0.1, 0.15) is 29.3 Å². The first-order chi connectivity index (χ1) is 8.22. The fraction of sp³-hybridized carbons (Fsp3) is 0.188. The number of hydrogen-bond donors (Lipinski definition) is 0. The Morgan fingerprint density at radius 2 is 1.65 bits per heavy atom. The van der Waals surface area contributed by atoms with Gasteiger partial charge in [0.15, 0.2) is 5.78 Å². The largest absolute Gasteiger partial charge is 0.294 e. The second-order valence-corrected chi connectivity index (χ2v) is 4.17. The minimum Gasteiger partial charge on any atom is -0.294 e. The molecule has 86 valence electrons. The maximum Gasteiger partial charge on any atom is 0.162 e. The van der Waals surface area contributed by atoms with Gasteiger partial charge in [-0.25, -0.2) is 0 Å². The third-order valence-electron chi connectivity index (χ3n) is 2.98. The Morgan fingerprint density at radius 3 is 2.24 bits per heavy atom. The summed E-state index contributed by atoms with van der Waals surface area (Å²) < 4.78 is 0. The van der Waals surface area contributed by atoms with E-state index in [2.05, 4.69) is 19.1 Å². The van der Waals surface area contributed by atoms with Crippen LogP contribution in [0.3, 0.4) is 0 Å². The smallest absolute Gasteiger partial charge is 0.162 e. The molecule has 0 unspecified atom stereocenters. The minimum absolute atomic E-state index is 0.196. The van der Waals surface area contributed by atoms with Crippen LogP contribution in [0.5, 0.6) is 0 Å². The first-order valence-corrected chi connectivity index (χ1v) is 5.91. The third kappa shape index (κ3) is 2.44. The molecule has 0 fully saturated rings. The van der Waals surface area contributed by atoms with Crippen LogP contribution >= 0.6 is 0 Å². The molecule has 0 aliphatic rings. The standard InChI is InChI=1S/C16H16O/c1-3-16(17)14-10-8-13(9-11-14)15-7-5-4-6-12(15)2/h4-11H,3H2,1-2H3. The molecule has 1 nitrogen and oxygen atoms in total. The van der Waals surface area contributed by atoms with E-state index in [1.165, 1.54) is 11.1 Å². The highest BCUT2D eigenvalue weighted by Gasteiger charge is 2.04. The zero-order valence-electron chi connectivity index (χ0n) is 10.2. The molecular formula is C16H16O. The Labute approximate surface area is 102 Å². The number of ketones is 1. The molecule has 0 radical (unpaired) electrons. The molecule has 0 saturated heterocycles. The van der Waals surface area contributed by atoms with E-state index in [0.29, 0.717) is 6.42 Å². The lowest BCUT2D eigenvalue weighted by Gasteiger charge is -2.06. The molecule has 0 aliphatic carbocycles. The summed E-state index contributed by atoms with van der Waals surface area (Å²) in [5.74, 6) is 0.196. The Bertz CT molecular complexity index is 523. The van der Waals surface area contributed by atoms with Crippen molar-refractivity contribution in [1.29, 1.82) is 0 Å². The second kappa shape index (κ2) is 4.96. The average Bonchev–Trinajstić information content (AvgIpc) is 2.39. The number of carbonyl (C=O) groups excluding carboxylic acids is 1. The Morgan fingerprint density at radius 1 is 1.00 bits per heavy atom. The molecule has 0 bridgehead atoms. The number of rotatable bonds is 3. The number of aryl methyl sites for hydroxylation is 1. The molecule has 2 rings (SSSR count). The Kier molecular flexibility index (Phi) is 3.38. The third-order valence-corrected chi connectivity index (χ3v) is 2.98. The first-order valence-electron chi connectivity index (χ1n) is 5.91.